The van der Waals surface area contributed by atoms with E-state index in [1.165, 1.54) is 18.1 Å². The van der Waals surface area contributed by atoms with Gasteiger partial charge in [0.2, 0.25) is 0 Å². The summed E-state index contributed by atoms with van der Waals surface area (Å²) >= 11 is 10.6. The highest BCUT2D eigenvalue weighted by Gasteiger charge is 2.06. The van der Waals surface area contributed by atoms with E-state index in [1.807, 2.05) is 0 Å². The highest BCUT2D eigenvalue weighted by atomic mass is 79.9. The number of H-pyrrole nitrogens is 1. The number of rotatable bonds is 2. The Morgan fingerprint density at radius 1 is 1.43 bits per heavy atom. The topological polar surface area (TPSA) is 54.5 Å². The third-order valence-electron chi connectivity index (χ3n) is 1.36. The summed E-state index contributed by atoms with van der Waals surface area (Å²) in [7, 11) is 0. The molecule has 0 radical (unpaired) electrons. The maximum atomic E-state index is 5.97. The first-order valence-corrected chi connectivity index (χ1v) is 5.59. The summed E-state index contributed by atoms with van der Waals surface area (Å²) in [5.41, 5.74) is 0. The minimum absolute atomic E-state index is 0.584. The Balaban J connectivity index is 2.25. The smallest absolute Gasteiger partial charge is 0.189 e. The summed E-state index contributed by atoms with van der Waals surface area (Å²) in [5.74, 6) is 0. The van der Waals surface area contributed by atoms with Gasteiger partial charge in [-0.1, -0.05) is 11.6 Å². The number of nitrogens with zero attached hydrogens (tertiary/aromatic N) is 3. The number of nitrogens with one attached hydrogen (secondary N) is 1. The Morgan fingerprint density at radius 3 is 2.93 bits per heavy atom. The van der Waals surface area contributed by atoms with Crippen molar-refractivity contribution in [2.45, 2.75) is 10.2 Å². The van der Waals surface area contributed by atoms with Gasteiger partial charge in [-0.2, -0.15) is 5.10 Å². The van der Waals surface area contributed by atoms with Gasteiger partial charge in [0.05, 0.1) is 5.02 Å². The van der Waals surface area contributed by atoms with Gasteiger partial charge in [0, 0.05) is 10.7 Å². The Bertz CT molecular complexity index is 433. The Morgan fingerprint density at radius 2 is 2.29 bits per heavy atom. The summed E-state index contributed by atoms with van der Waals surface area (Å²) < 4.78 is 0.851. The van der Waals surface area contributed by atoms with E-state index < -0.39 is 0 Å². The number of aromatic amines is 1. The van der Waals surface area contributed by atoms with Crippen molar-refractivity contribution in [3.63, 3.8) is 0 Å². The Hall–Kier alpha value is -0.590. The first-order valence-electron chi connectivity index (χ1n) is 3.60. The van der Waals surface area contributed by atoms with Crippen molar-refractivity contribution in [1.29, 1.82) is 0 Å². The van der Waals surface area contributed by atoms with Crippen LogP contribution in [0.1, 0.15) is 0 Å². The SMILES string of the molecule is Clc1cc(Br)cnc1Sc1ncn[nH]1. The van der Waals surface area contributed by atoms with Gasteiger partial charge in [-0.3, -0.25) is 5.10 Å². The zero-order chi connectivity index (χ0) is 9.97. The predicted octanol–water partition coefficient (Wildman–Crippen LogP) is 2.77. The van der Waals surface area contributed by atoms with Crippen LogP contribution >= 0.6 is 39.3 Å². The normalized spacial score (nSPS) is 10.4. The summed E-state index contributed by atoms with van der Waals surface area (Å²) in [6.07, 6.45) is 3.12. The molecule has 0 aliphatic heterocycles. The molecule has 0 saturated heterocycles. The van der Waals surface area contributed by atoms with E-state index in [1.54, 1.807) is 12.3 Å². The van der Waals surface area contributed by atoms with Crippen LogP contribution in [0.3, 0.4) is 0 Å². The number of halogens is 2. The van der Waals surface area contributed by atoms with Crippen LogP contribution in [-0.2, 0) is 0 Å². The van der Waals surface area contributed by atoms with Gasteiger partial charge in [-0.05, 0) is 33.8 Å². The van der Waals surface area contributed by atoms with Crippen molar-refractivity contribution >= 4 is 39.3 Å². The summed E-state index contributed by atoms with van der Waals surface area (Å²) in [4.78, 5) is 8.11. The molecule has 2 heterocycles. The molecule has 0 amide bonds. The lowest BCUT2D eigenvalue weighted by molar-refractivity contribution is 0.967. The molecule has 2 rings (SSSR count). The Labute approximate surface area is 97.6 Å². The third-order valence-corrected chi connectivity index (χ3v) is 3.10. The zero-order valence-electron chi connectivity index (χ0n) is 6.74. The minimum atomic E-state index is 0.584. The van der Waals surface area contributed by atoms with E-state index in [2.05, 4.69) is 36.1 Å². The zero-order valence-corrected chi connectivity index (χ0v) is 9.90. The van der Waals surface area contributed by atoms with Crippen LogP contribution in [0.15, 0.2) is 33.2 Å². The van der Waals surface area contributed by atoms with Gasteiger partial charge in [0.25, 0.3) is 0 Å². The van der Waals surface area contributed by atoms with Crippen LogP contribution in [0.25, 0.3) is 0 Å². The van der Waals surface area contributed by atoms with Crippen LogP contribution in [0, 0.1) is 0 Å². The van der Waals surface area contributed by atoms with Gasteiger partial charge in [0.15, 0.2) is 5.16 Å². The van der Waals surface area contributed by atoms with E-state index >= 15 is 0 Å². The Kier molecular flexibility index (Phi) is 3.05. The molecule has 0 unspecified atom stereocenters. The number of aromatic nitrogens is 4. The fourth-order valence-corrected chi connectivity index (χ4v) is 2.20. The fourth-order valence-electron chi connectivity index (χ4n) is 0.812. The fraction of sp³-hybridized carbons (Fsp3) is 0. The highest BCUT2D eigenvalue weighted by molar-refractivity contribution is 9.10. The lowest BCUT2D eigenvalue weighted by Crippen LogP contribution is -1.83. The second-order valence-electron chi connectivity index (χ2n) is 2.33. The number of hydrogen-bond donors (Lipinski definition) is 1. The lowest BCUT2D eigenvalue weighted by atomic mass is 10.5. The third kappa shape index (κ3) is 2.26. The van der Waals surface area contributed by atoms with Gasteiger partial charge in [-0.25, -0.2) is 9.97 Å². The molecule has 0 bridgehead atoms. The molecule has 0 spiro atoms. The molecule has 2 aromatic rings. The van der Waals surface area contributed by atoms with Crippen molar-refractivity contribution in [2.75, 3.05) is 0 Å². The molecule has 1 N–H and O–H groups in total. The van der Waals surface area contributed by atoms with Crippen LogP contribution in [0.5, 0.6) is 0 Å². The van der Waals surface area contributed by atoms with Crippen LogP contribution in [-0.4, -0.2) is 20.2 Å². The van der Waals surface area contributed by atoms with Crippen LogP contribution < -0.4 is 0 Å². The van der Waals surface area contributed by atoms with E-state index in [0.29, 0.717) is 15.2 Å². The van der Waals surface area contributed by atoms with Gasteiger partial charge >= 0.3 is 0 Å². The predicted molar refractivity (Wildman–Crippen MR) is 57.5 cm³/mol. The molecule has 0 atom stereocenters. The lowest BCUT2D eigenvalue weighted by Gasteiger charge is -1.99. The van der Waals surface area contributed by atoms with Crippen molar-refractivity contribution < 1.29 is 0 Å². The minimum Gasteiger partial charge on any atom is -0.254 e. The van der Waals surface area contributed by atoms with Crippen LogP contribution in [0.2, 0.25) is 5.02 Å². The monoisotopic (exact) mass is 290 g/mol. The van der Waals surface area contributed by atoms with Gasteiger partial charge in [0.1, 0.15) is 11.4 Å². The van der Waals surface area contributed by atoms with E-state index in [9.17, 15) is 0 Å². The van der Waals surface area contributed by atoms with E-state index in [-0.39, 0.29) is 0 Å². The average Bonchev–Trinajstić information content (AvgIpc) is 2.62. The summed E-state index contributed by atoms with van der Waals surface area (Å²) in [6.45, 7) is 0. The quantitative estimate of drug-likeness (QED) is 0.924. The molecule has 0 aliphatic carbocycles. The number of pyridine rings is 1. The molecule has 72 valence electrons. The first-order chi connectivity index (χ1) is 6.75. The summed E-state index contributed by atoms with van der Waals surface area (Å²) in [5, 5.41) is 8.40. The maximum Gasteiger partial charge on any atom is 0.189 e. The summed E-state index contributed by atoms with van der Waals surface area (Å²) in [6, 6.07) is 1.78. The molecule has 0 saturated carbocycles. The highest BCUT2D eigenvalue weighted by Crippen LogP contribution is 2.30. The van der Waals surface area contributed by atoms with Crippen LogP contribution in [0.4, 0.5) is 0 Å². The second-order valence-corrected chi connectivity index (χ2v) is 4.63. The maximum absolute atomic E-state index is 5.97. The molecule has 0 fully saturated rings. The first kappa shape index (κ1) is 9.95. The molecule has 4 nitrogen and oxygen atoms in total. The molecule has 0 aliphatic rings. The number of hydrogen-bond acceptors (Lipinski definition) is 4. The molecular formula is C7H4BrClN4S. The molecular weight excluding hydrogens is 288 g/mol. The van der Waals surface area contributed by atoms with Crippen molar-refractivity contribution in [3.8, 4) is 0 Å². The van der Waals surface area contributed by atoms with Crippen molar-refractivity contribution in [3.05, 3.63) is 28.1 Å². The van der Waals surface area contributed by atoms with Crippen molar-refractivity contribution in [1.82, 2.24) is 20.2 Å². The molecule has 0 aromatic carbocycles. The van der Waals surface area contributed by atoms with E-state index in [4.69, 9.17) is 11.6 Å². The average molecular weight is 292 g/mol. The molecule has 7 heteroatoms. The largest absolute Gasteiger partial charge is 0.254 e. The standard InChI is InChI=1S/C7H4BrClN4S/c8-4-1-5(9)6(10-2-4)14-7-11-3-12-13-7/h1-3H,(H,11,12,13). The van der Waals surface area contributed by atoms with Crippen molar-refractivity contribution in [2.24, 2.45) is 0 Å². The van der Waals surface area contributed by atoms with E-state index in [0.717, 1.165) is 4.47 Å². The molecule has 14 heavy (non-hydrogen) atoms. The van der Waals surface area contributed by atoms with Gasteiger partial charge in [-0.15, -0.1) is 0 Å². The molecule has 2 aromatic heterocycles. The van der Waals surface area contributed by atoms with Gasteiger partial charge < -0.3 is 0 Å². The second kappa shape index (κ2) is 4.29.